The highest BCUT2D eigenvalue weighted by Gasteiger charge is 2.20. The molecule has 1 aliphatic heterocycles. The zero-order valence-corrected chi connectivity index (χ0v) is 19.3. The van der Waals surface area contributed by atoms with Crippen molar-refractivity contribution in [1.29, 1.82) is 0 Å². The smallest absolute Gasteiger partial charge is 0.194 e. The Kier molecular flexibility index (Phi) is 8.82. The first-order chi connectivity index (χ1) is 13.2. The standard InChI is InChI=1S/C21H30N6.HI/c1-4-22-21(24-17-18-8-10-19(11-9-18)25(2)3)27-15-13-26(14-16-27)20-7-5-6-12-23-20;/h5-12H,4,13-17H2,1-3H3,(H,22,24);1H. The molecule has 1 aromatic carbocycles. The first-order valence-corrected chi connectivity index (χ1v) is 9.63. The maximum atomic E-state index is 4.86. The van der Waals surface area contributed by atoms with Crippen LogP contribution in [0.5, 0.6) is 0 Å². The molecule has 1 aliphatic rings. The monoisotopic (exact) mass is 494 g/mol. The second-order valence-electron chi connectivity index (χ2n) is 6.89. The molecule has 28 heavy (non-hydrogen) atoms. The van der Waals surface area contributed by atoms with Crippen LogP contribution < -0.4 is 15.1 Å². The molecule has 0 spiro atoms. The summed E-state index contributed by atoms with van der Waals surface area (Å²) < 4.78 is 0. The Morgan fingerprint density at radius 3 is 2.36 bits per heavy atom. The van der Waals surface area contributed by atoms with Crippen LogP contribution >= 0.6 is 24.0 Å². The van der Waals surface area contributed by atoms with Gasteiger partial charge in [-0.15, -0.1) is 24.0 Å². The fourth-order valence-electron chi connectivity index (χ4n) is 3.18. The van der Waals surface area contributed by atoms with Gasteiger partial charge in [0.05, 0.1) is 6.54 Å². The van der Waals surface area contributed by atoms with Gasteiger partial charge in [-0.2, -0.15) is 0 Å². The maximum Gasteiger partial charge on any atom is 0.194 e. The molecule has 0 saturated carbocycles. The largest absolute Gasteiger partial charge is 0.378 e. The van der Waals surface area contributed by atoms with E-state index in [2.05, 4.69) is 76.4 Å². The molecule has 0 radical (unpaired) electrons. The number of hydrogen-bond acceptors (Lipinski definition) is 4. The topological polar surface area (TPSA) is 47.0 Å². The van der Waals surface area contributed by atoms with E-state index in [9.17, 15) is 0 Å². The molecule has 0 bridgehead atoms. The first kappa shape index (κ1) is 22.3. The summed E-state index contributed by atoms with van der Waals surface area (Å²) >= 11 is 0. The van der Waals surface area contributed by atoms with Gasteiger partial charge in [-0.25, -0.2) is 9.98 Å². The van der Waals surface area contributed by atoms with Gasteiger partial charge < -0.3 is 20.0 Å². The van der Waals surface area contributed by atoms with Crippen molar-refractivity contribution >= 4 is 41.4 Å². The summed E-state index contributed by atoms with van der Waals surface area (Å²) in [5.74, 6) is 2.05. The second kappa shape index (κ2) is 11.1. The summed E-state index contributed by atoms with van der Waals surface area (Å²) in [5, 5.41) is 3.44. The fraction of sp³-hybridized carbons (Fsp3) is 0.429. The molecule has 1 N–H and O–H groups in total. The molecule has 0 atom stereocenters. The van der Waals surface area contributed by atoms with Crippen molar-refractivity contribution in [3.63, 3.8) is 0 Å². The minimum Gasteiger partial charge on any atom is -0.378 e. The molecular formula is C21H31IN6. The van der Waals surface area contributed by atoms with Crippen LogP contribution in [0, 0.1) is 0 Å². The van der Waals surface area contributed by atoms with Gasteiger partial charge in [-0.3, -0.25) is 0 Å². The highest BCUT2D eigenvalue weighted by Crippen LogP contribution is 2.14. The molecule has 1 fully saturated rings. The molecule has 7 heteroatoms. The number of guanidine groups is 1. The van der Waals surface area contributed by atoms with Crippen LogP contribution in [-0.2, 0) is 6.54 Å². The van der Waals surface area contributed by atoms with E-state index in [-0.39, 0.29) is 24.0 Å². The highest BCUT2D eigenvalue weighted by atomic mass is 127. The molecule has 0 amide bonds. The van der Waals surface area contributed by atoms with Crippen molar-refractivity contribution in [3.8, 4) is 0 Å². The second-order valence-corrected chi connectivity index (χ2v) is 6.89. The van der Waals surface area contributed by atoms with Crippen molar-refractivity contribution in [2.45, 2.75) is 13.5 Å². The van der Waals surface area contributed by atoms with Gasteiger partial charge in [0.15, 0.2) is 5.96 Å². The van der Waals surface area contributed by atoms with Crippen molar-refractivity contribution in [2.24, 2.45) is 4.99 Å². The third-order valence-electron chi connectivity index (χ3n) is 4.75. The lowest BCUT2D eigenvalue weighted by atomic mass is 10.2. The highest BCUT2D eigenvalue weighted by molar-refractivity contribution is 14.0. The number of halogens is 1. The first-order valence-electron chi connectivity index (χ1n) is 9.63. The molecule has 6 nitrogen and oxygen atoms in total. The van der Waals surface area contributed by atoms with Gasteiger partial charge in [0.1, 0.15) is 5.82 Å². The molecule has 2 heterocycles. The van der Waals surface area contributed by atoms with E-state index in [0.717, 1.165) is 44.5 Å². The van der Waals surface area contributed by atoms with Crippen LogP contribution in [-0.4, -0.2) is 62.7 Å². The summed E-state index contributed by atoms with van der Waals surface area (Å²) in [6, 6.07) is 14.7. The van der Waals surface area contributed by atoms with Gasteiger partial charge in [0.25, 0.3) is 0 Å². The van der Waals surface area contributed by atoms with Crippen LogP contribution in [0.4, 0.5) is 11.5 Å². The number of piperazine rings is 1. The van der Waals surface area contributed by atoms with E-state index >= 15 is 0 Å². The molecule has 1 aromatic heterocycles. The van der Waals surface area contributed by atoms with Crippen molar-refractivity contribution in [3.05, 3.63) is 54.2 Å². The molecule has 0 aliphatic carbocycles. The number of nitrogens with one attached hydrogen (secondary N) is 1. The molecule has 0 unspecified atom stereocenters. The molecular weight excluding hydrogens is 463 g/mol. The van der Waals surface area contributed by atoms with Gasteiger partial charge in [-0.05, 0) is 36.8 Å². The summed E-state index contributed by atoms with van der Waals surface area (Å²) in [6.45, 7) is 7.49. The lowest BCUT2D eigenvalue weighted by Gasteiger charge is -2.37. The maximum absolute atomic E-state index is 4.86. The lowest BCUT2D eigenvalue weighted by molar-refractivity contribution is 0.371. The van der Waals surface area contributed by atoms with E-state index in [1.165, 1.54) is 11.3 Å². The van der Waals surface area contributed by atoms with Crippen LogP contribution in [0.3, 0.4) is 0 Å². The molecule has 3 rings (SSSR count). The van der Waals surface area contributed by atoms with Crippen LogP contribution in [0.15, 0.2) is 53.7 Å². The Bertz CT molecular complexity index is 724. The number of nitrogens with zero attached hydrogens (tertiary/aromatic N) is 5. The Morgan fingerprint density at radius 2 is 1.79 bits per heavy atom. The number of rotatable bonds is 5. The van der Waals surface area contributed by atoms with Crippen molar-refractivity contribution < 1.29 is 0 Å². The van der Waals surface area contributed by atoms with Gasteiger partial charge in [0.2, 0.25) is 0 Å². The average Bonchev–Trinajstić information content (AvgIpc) is 2.72. The van der Waals surface area contributed by atoms with Gasteiger partial charge in [-0.1, -0.05) is 18.2 Å². The number of benzene rings is 1. The Morgan fingerprint density at radius 1 is 1.07 bits per heavy atom. The van der Waals surface area contributed by atoms with Crippen LogP contribution in [0.25, 0.3) is 0 Å². The third-order valence-corrected chi connectivity index (χ3v) is 4.75. The predicted octanol–water partition coefficient (Wildman–Crippen LogP) is 3.05. The van der Waals surface area contributed by atoms with E-state index in [4.69, 9.17) is 4.99 Å². The zero-order valence-electron chi connectivity index (χ0n) is 17.0. The van der Waals surface area contributed by atoms with Crippen molar-refractivity contribution in [2.75, 3.05) is 56.6 Å². The average molecular weight is 494 g/mol. The normalized spacial score (nSPS) is 14.5. The Hall–Kier alpha value is -2.03. The Labute approximate surface area is 185 Å². The van der Waals surface area contributed by atoms with Gasteiger partial charge >= 0.3 is 0 Å². The van der Waals surface area contributed by atoms with E-state index in [1.807, 2.05) is 18.3 Å². The summed E-state index contributed by atoms with van der Waals surface area (Å²) in [4.78, 5) is 16.1. The van der Waals surface area contributed by atoms with E-state index in [0.29, 0.717) is 6.54 Å². The summed E-state index contributed by atoms with van der Waals surface area (Å²) in [7, 11) is 4.11. The lowest BCUT2D eigenvalue weighted by Crippen LogP contribution is -2.52. The minimum atomic E-state index is 0. The van der Waals surface area contributed by atoms with Gasteiger partial charge in [0, 0.05) is 58.7 Å². The zero-order chi connectivity index (χ0) is 19.1. The molecule has 1 saturated heterocycles. The van der Waals surface area contributed by atoms with E-state index < -0.39 is 0 Å². The number of aromatic nitrogens is 1. The van der Waals surface area contributed by atoms with Crippen LogP contribution in [0.2, 0.25) is 0 Å². The quantitative estimate of drug-likeness (QED) is 0.394. The van der Waals surface area contributed by atoms with Crippen molar-refractivity contribution in [1.82, 2.24) is 15.2 Å². The number of anilines is 2. The summed E-state index contributed by atoms with van der Waals surface area (Å²) in [6.07, 6.45) is 1.86. The fourth-order valence-corrected chi connectivity index (χ4v) is 3.18. The number of pyridine rings is 1. The summed E-state index contributed by atoms with van der Waals surface area (Å²) in [5.41, 5.74) is 2.43. The minimum absolute atomic E-state index is 0. The SMILES string of the molecule is CCNC(=NCc1ccc(N(C)C)cc1)N1CCN(c2ccccn2)CC1.I. The third kappa shape index (κ3) is 5.98. The molecule has 152 valence electrons. The number of aliphatic imine (C=N–C) groups is 1. The Balaban J connectivity index is 0.00000280. The molecule has 2 aromatic rings. The van der Waals surface area contributed by atoms with Crippen LogP contribution in [0.1, 0.15) is 12.5 Å². The predicted molar refractivity (Wildman–Crippen MR) is 129 cm³/mol. The van der Waals surface area contributed by atoms with E-state index in [1.54, 1.807) is 0 Å². The number of hydrogen-bond donors (Lipinski definition) is 1.